The van der Waals surface area contributed by atoms with Crippen molar-refractivity contribution in [3.05, 3.63) is 55.5 Å². The summed E-state index contributed by atoms with van der Waals surface area (Å²) in [4.78, 5) is 39.9. The number of nitrogens with zero attached hydrogens (tertiary/aromatic N) is 3. The summed E-state index contributed by atoms with van der Waals surface area (Å²) < 4.78 is 10.5. The van der Waals surface area contributed by atoms with Crippen molar-refractivity contribution in [2.75, 3.05) is 43.1 Å². The minimum Gasteiger partial charge on any atom is -0.462 e. The van der Waals surface area contributed by atoms with E-state index in [0.29, 0.717) is 48.1 Å². The average Bonchev–Trinajstić information content (AvgIpc) is 3.25. The molecule has 1 aromatic carbocycles. The molecule has 1 aliphatic heterocycles. The molecule has 1 amide bonds. The van der Waals surface area contributed by atoms with Crippen LogP contribution in [-0.4, -0.2) is 49.7 Å². The van der Waals surface area contributed by atoms with Crippen LogP contribution in [0.3, 0.4) is 0 Å². The highest BCUT2D eigenvalue weighted by Crippen LogP contribution is 2.39. The molecular formula is C25H26N4O6S. The number of nitrogens with one attached hydrogen (secondary N) is 1. The van der Waals surface area contributed by atoms with Crippen molar-refractivity contribution >= 4 is 45.7 Å². The molecule has 4 rings (SSSR count). The lowest BCUT2D eigenvalue weighted by molar-refractivity contribution is -0.384. The number of nitro groups is 1. The number of amides is 1. The molecular weight excluding hydrogens is 484 g/mol. The molecule has 1 saturated heterocycles. The number of benzene rings is 1. The van der Waals surface area contributed by atoms with Crippen LogP contribution in [-0.2, 0) is 27.1 Å². The number of nitriles is 1. The number of hydrogen-bond acceptors (Lipinski definition) is 9. The molecule has 10 nitrogen and oxygen atoms in total. The first-order valence-electron chi connectivity index (χ1n) is 11.8. The van der Waals surface area contributed by atoms with Gasteiger partial charge >= 0.3 is 5.97 Å². The number of rotatable bonds is 7. The monoisotopic (exact) mass is 510 g/mol. The number of anilines is 2. The van der Waals surface area contributed by atoms with E-state index in [-0.39, 0.29) is 17.9 Å². The molecule has 11 heteroatoms. The standard InChI is InChI=1S/C25H26N4O6S/c1-2-35-25(31)22-18-5-3-4-6-21(18)36-24(22)27-23(30)17(15-26)13-16-7-8-19(20(14-16)29(32)33)28-9-11-34-12-10-28/h7-8,13-14H,2-6,9-12H2,1H3,(H,27,30)/b17-13-. The molecule has 0 spiro atoms. The summed E-state index contributed by atoms with van der Waals surface area (Å²) in [6.45, 7) is 3.97. The maximum absolute atomic E-state index is 13.0. The van der Waals surface area contributed by atoms with E-state index in [4.69, 9.17) is 9.47 Å². The topological polar surface area (TPSA) is 135 Å². The molecule has 2 aliphatic rings. The Morgan fingerprint density at radius 1 is 1.31 bits per heavy atom. The predicted octanol–water partition coefficient (Wildman–Crippen LogP) is 4.09. The average molecular weight is 511 g/mol. The third-order valence-electron chi connectivity index (χ3n) is 6.10. The molecule has 36 heavy (non-hydrogen) atoms. The second-order valence-corrected chi connectivity index (χ2v) is 9.47. The maximum Gasteiger partial charge on any atom is 0.341 e. The highest BCUT2D eigenvalue weighted by atomic mass is 32.1. The third-order valence-corrected chi connectivity index (χ3v) is 7.31. The van der Waals surface area contributed by atoms with Crippen LogP contribution in [0.15, 0.2) is 23.8 Å². The fourth-order valence-corrected chi connectivity index (χ4v) is 5.68. The maximum atomic E-state index is 13.0. The van der Waals surface area contributed by atoms with E-state index < -0.39 is 16.8 Å². The second kappa shape index (κ2) is 11.3. The van der Waals surface area contributed by atoms with Crippen LogP contribution >= 0.6 is 11.3 Å². The molecule has 0 atom stereocenters. The fraction of sp³-hybridized carbons (Fsp3) is 0.400. The Hall–Kier alpha value is -3.75. The van der Waals surface area contributed by atoms with Gasteiger partial charge in [0.15, 0.2) is 0 Å². The number of esters is 1. The summed E-state index contributed by atoms with van der Waals surface area (Å²) in [7, 11) is 0. The predicted molar refractivity (Wildman–Crippen MR) is 135 cm³/mol. The van der Waals surface area contributed by atoms with Crippen molar-refractivity contribution in [1.29, 1.82) is 5.26 Å². The number of carbonyl (C=O) groups excluding carboxylic acids is 2. The lowest BCUT2D eigenvalue weighted by atomic mass is 9.95. The van der Waals surface area contributed by atoms with Gasteiger partial charge in [-0.25, -0.2) is 4.79 Å². The van der Waals surface area contributed by atoms with Gasteiger partial charge in [0.1, 0.15) is 22.3 Å². The van der Waals surface area contributed by atoms with Crippen molar-refractivity contribution in [3.8, 4) is 6.07 Å². The zero-order valence-corrected chi connectivity index (χ0v) is 20.7. The molecule has 1 N–H and O–H groups in total. The quantitative estimate of drug-likeness (QED) is 0.193. The molecule has 1 aromatic heterocycles. The highest BCUT2D eigenvalue weighted by Gasteiger charge is 2.28. The van der Waals surface area contributed by atoms with Gasteiger partial charge in [-0.1, -0.05) is 6.07 Å². The Balaban J connectivity index is 1.62. The van der Waals surface area contributed by atoms with Crippen LogP contribution in [0.1, 0.15) is 46.1 Å². The van der Waals surface area contributed by atoms with Crippen molar-refractivity contribution in [2.24, 2.45) is 0 Å². The number of hydrogen-bond donors (Lipinski definition) is 1. The number of nitro benzene ring substituents is 1. The molecule has 2 heterocycles. The van der Waals surface area contributed by atoms with E-state index in [0.717, 1.165) is 36.1 Å². The molecule has 1 fully saturated rings. The van der Waals surface area contributed by atoms with Crippen molar-refractivity contribution < 1.29 is 24.0 Å². The van der Waals surface area contributed by atoms with Gasteiger partial charge in [-0.15, -0.1) is 11.3 Å². The first-order valence-corrected chi connectivity index (χ1v) is 12.6. The Morgan fingerprint density at radius 3 is 2.75 bits per heavy atom. The SMILES string of the molecule is CCOC(=O)c1c(NC(=O)/C(C#N)=C\c2ccc(N3CCOCC3)c([N+](=O)[O-])c2)sc2c1CCCC2. The molecule has 0 saturated carbocycles. The molecule has 1 aliphatic carbocycles. The van der Waals surface area contributed by atoms with E-state index >= 15 is 0 Å². The Bertz CT molecular complexity index is 1260. The minimum absolute atomic E-state index is 0.112. The number of thiophene rings is 1. The largest absolute Gasteiger partial charge is 0.462 e. The van der Waals surface area contributed by atoms with Gasteiger partial charge in [-0.3, -0.25) is 14.9 Å². The molecule has 188 valence electrons. The molecule has 2 aromatic rings. The van der Waals surface area contributed by atoms with E-state index in [1.165, 1.54) is 23.5 Å². The molecule has 0 unspecified atom stereocenters. The lowest BCUT2D eigenvalue weighted by Crippen LogP contribution is -2.36. The second-order valence-electron chi connectivity index (χ2n) is 8.36. The highest BCUT2D eigenvalue weighted by molar-refractivity contribution is 7.17. The van der Waals surface area contributed by atoms with Crippen LogP contribution in [0.25, 0.3) is 6.08 Å². The number of ether oxygens (including phenoxy) is 2. The van der Waals surface area contributed by atoms with Crippen LogP contribution < -0.4 is 10.2 Å². The van der Waals surface area contributed by atoms with Gasteiger partial charge in [0, 0.05) is 24.0 Å². The van der Waals surface area contributed by atoms with Crippen molar-refractivity contribution in [1.82, 2.24) is 0 Å². The minimum atomic E-state index is -0.693. The zero-order valence-electron chi connectivity index (χ0n) is 19.9. The first-order chi connectivity index (χ1) is 17.4. The number of aryl methyl sites for hydroxylation is 1. The Labute approximate surface area is 212 Å². The summed E-state index contributed by atoms with van der Waals surface area (Å²) in [5.41, 5.74) is 1.72. The van der Waals surface area contributed by atoms with Gasteiger partial charge in [0.05, 0.1) is 30.3 Å². The van der Waals surface area contributed by atoms with E-state index in [9.17, 15) is 25.0 Å². The summed E-state index contributed by atoms with van der Waals surface area (Å²) in [5, 5.41) is 24.5. The van der Waals surface area contributed by atoms with Crippen LogP contribution in [0, 0.1) is 21.4 Å². The van der Waals surface area contributed by atoms with Gasteiger partial charge < -0.3 is 19.7 Å². The molecule has 0 bridgehead atoms. The van der Waals surface area contributed by atoms with Gasteiger partial charge in [0.25, 0.3) is 11.6 Å². The van der Waals surface area contributed by atoms with Crippen LogP contribution in [0.4, 0.5) is 16.4 Å². The fourth-order valence-electron chi connectivity index (χ4n) is 4.41. The third kappa shape index (κ3) is 5.40. The Morgan fingerprint density at radius 2 is 2.06 bits per heavy atom. The lowest BCUT2D eigenvalue weighted by Gasteiger charge is -2.28. The normalized spacial score (nSPS) is 15.6. The van der Waals surface area contributed by atoms with Crippen LogP contribution in [0.5, 0.6) is 0 Å². The van der Waals surface area contributed by atoms with Crippen molar-refractivity contribution in [3.63, 3.8) is 0 Å². The van der Waals surface area contributed by atoms with Gasteiger partial charge in [-0.2, -0.15) is 5.26 Å². The van der Waals surface area contributed by atoms with Gasteiger partial charge in [-0.05, 0) is 55.9 Å². The summed E-state index contributed by atoms with van der Waals surface area (Å²) >= 11 is 1.33. The van der Waals surface area contributed by atoms with E-state index in [2.05, 4.69) is 5.32 Å². The van der Waals surface area contributed by atoms with Gasteiger partial charge in [0.2, 0.25) is 0 Å². The number of morpholine rings is 1. The Kier molecular flexibility index (Phi) is 7.97. The zero-order chi connectivity index (χ0) is 25.7. The first kappa shape index (κ1) is 25.3. The molecule has 0 radical (unpaired) electrons. The number of fused-ring (bicyclic) bond motifs is 1. The summed E-state index contributed by atoms with van der Waals surface area (Å²) in [6, 6.07) is 6.48. The van der Waals surface area contributed by atoms with E-state index in [1.807, 2.05) is 11.0 Å². The van der Waals surface area contributed by atoms with Crippen molar-refractivity contribution in [2.45, 2.75) is 32.6 Å². The number of carbonyl (C=O) groups is 2. The van der Waals surface area contributed by atoms with E-state index in [1.54, 1.807) is 19.1 Å². The summed E-state index contributed by atoms with van der Waals surface area (Å²) in [5.74, 6) is -1.19. The smallest absolute Gasteiger partial charge is 0.341 e. The summed E-state index contributed by atoms with van der Waals surface area (Å²) in [6.07, 6.45) is 4.82. The van der Waals surface area contributed by atoms with Crippen LogP contribution in [0.2, 0.25) is 0 Å².